The Labute approximate surface area is 118 Å². The van der Waals surface area contributed by atoms with Gasteiger partial charge in [0, 0.05) is 18.3 Å². The molecule has 4 nitrogen and oxygen atoms in total. The number of nitrogens with zero attached hydrogens (tertiary/aromatic N) is 2. The molecule has 0 bridgehead atoms. The number of rotatable bonds is 6. The molecule has 0 spiro atoms. The zero-order chi connectivity index (χ0) is 14.5. The van der Waals surface area contributed by atoms with Crippen molar-refractivity contribution in [1.29, 1.82) is 0 Å². The smallest absolute Gasteiger partial charge is 0.165 e. The molecule has 0 aliphatic rings. The molecular formula is C15H20FN3O. The van der Waals surface area contributed by atoms with Crippen molar-refractivity contribution in [3.63, 3.8) is 0 Å². The van der Waals surface area contributed by atoms with Crippen LogP contribution in [0.4, 0.5) is 4.39 Å². The van der Waals surface area contributed by atoms with E-state index in [0.717, 1.165) is 24.2 Å². The second-order valence-electron chi connectivity index (χ2n) is 4.51. The van der Waals surface area contributed by atoms with Gasteiger partial charge in [-0.25, -0.2) is 4.39 Å². The van der Waals surface area contributed by atoms with Crippen molar-refractivity contribution in [1.82, 2.24) is 15.1 Å². The van der Waals surface area contributed by atoms with E-state index in [1.54, 1.807) is 6.07 Å². The fourth-order valence-corrected chi connectivity index (χ4v) is 2.20. The summed E-state index contributed by atoms with van der Waals surface area (Å²) >= 11 is 0. The number of methoxy groups -OCH3 is 1. The Morgan fingerprint density at radius 2 is 2.15 bits per heavy atom. The van der Waals surface area contributed by atoms with Crippen LogP contribution in [0.15, 0.2) is 30.6 Å². The highest BCUT2D eigenvalue weighted by Crippen LogP contribution is 2.26. The zero-order valence-electron chi connectivity index (χ0n) is 12.1. The normalized spacial score (nSPS) is 12.4. The van der Waals surface area contributed by atoms with Crippen LogP contribution in [0.3, 0.4) is 0 Å². The monoisotopic (exact) mass is 277 g/mol. The van der Waals surface area contributed by atoms with E-state index in [2.05, 4.69) is 10.4 Å². The maximum atomic E-state index is 13.9. The first-order chi connectivity index (χ1) is 9.69. The number of halogens is 1. The molecule has 1 unspecified atom stereocenters. The van der Waals surface area contributed by atoms with E-state index in [0.29, 0.717) is 0 Å². The van der Waals surface area contributed by atoms with Gasteiger partial charge in [0.25, 0.3) is 0 Å². The first-order valence-corrected chi connectivity index (χ1v) is 6.78. The summed E-state index contributed by atoms with van der Waals surface area (Å²) in [5.41, 5.74) is 1.89. The summed E-state index contributed by atoms with van der Waals surface area (Å²) in [4.78, 5) is 0. The molecule has 1 atom stereocenters. The average Bonchev–Trinajstić information content (AvgIpc) is 2.93. The lowest BCUT2D eigenvalue weighted by molar-refractivity contribution is 0.385. The predicted molar refractivity (Wildman–Crippen MR) is 76.4 cm³/mol. The molecule has 5 heteroatoms. The van der Waals surface area contributed by atoms with Crippen LogP contribution < -0.4 is 10.1 Å². The van der Waals surface area contributed by atoms with Crippen molar-refractivity contribution < 1.29 is 9.13 Å². The van der Waals surface area contributed by atoms with E-state index in [9.17, 15) is 4.39 Å². The molecular weight excluding hydrogens is 257 g/mol. The molecule has 2 rings (SSSR count). The zero-order valence-corrected chi connectivity index (χ0v) is 12.1. The van der Waals surface area contributed by atoms with E-state index in [1.807, 2.05) is 37.0 Å². The third kappa shape index (κ3) is 2.99. The Morgan fingerprint density at radius 3 is 2.70 bits per heavy atom. The predicted octanol–water partition coefficient (Wildman–Crippen LogP) is 2.75. The molecule has 1 aromatic carbocycles. The number of benzene rings is 1. The van der Waals surface area contributed by atoms with Gasteiger partial charge >= 0.3 is 0 Å². The van der Waals surface area contributed by atoms with Gasteiger partial charge in [0.1, 0.15) is 0 Å². The third-order valence-corrected chi connectivity index (χ3v) is 3.23. The molecule has 0 amide bonds. The highest BCUT2D eigenvalue weighted by Gasteiger charge is 2.16. The standard InChI is InChI=1S/C15H20FN3O/c1-4-17-15(12-9-18-19(5-2)10-12)11-6-7-14(20-3)13(16)8-11/h6-10,15,17H,4-5H2,1-3H3. The van der Waals surface area contributed by atoms with Gasteiger partial charge in [0.15, 0.2) is 11.6 Å². The Bertz CT molecular complexity index is 568. The number of ether oxygens (including phenoxy) is 1. The molecule has 1 N–H and O–H groups in total. The number of aryl methyl sites for hydroxylation is 1. The molecule has 0 fully saturated rings. The van der Waals surface area contributed by atoms with Crippen LogP contribution in [0.1, 0.15) is 31.0 Å². The van der Waals surface area contributed by atoms with Crippen molar-refractivity contribution >= 4 is 0 Å². The first kappa shape index (κ1) is 14.5. The maximum Gasteiger partial charge on any atom is 0.165 e. The van der Waals surface area contributed by atoms with E-state index in [4.69, 9.17) is 4.74 Å². The van der Waals surface area contributed by atoms with Crippen molar-refractivity contribution in [3.05, 3.63) is 47.5 Å². The number of hydrogen-bond donors (Lipinski definition) is 1. The molecule has 0 aliphatic heterocycles. The van der Waals surface area contributed by atoms with Gasteiger partial charge < -0.3 is 10.1 Å². The van der Waals surface area contributed by atoms with Gasteiger partial charge in [-0.2, -0.15) is 5.10 Å². The van der Waals surface area contributed by atoms with Gasteiger partial charge in [-0.1, -0.05) is 13.0 Å². The molecule has 108 valence electrons. The molecule has 1 aromatic heterocycles. The summed E-state index contributed by atoms with van der Waals surface area (Å²) in [7, 11) is 1.46. The van der Waals surface area contributed by atoms with Crippen molar-refractivity contribution in [2.45, 2.75) is 26.4 Å². The van der Waals surface area contributed by atoms with Gasteiger partial charge in [0.05, 0.1) is 19.3 Å². The summed E-state index contributed by atoms with van der Waals surface area (Å²) in [5, 5.41) is 7.63. The summed E-state index contributed by atoms with van der Waals surface area (Å²) in [6.07, 6.45) is 3.80. The topological polar surface area (TPSA) is 39.1 Å². The van der Waals surface area contributed by atoms with Crippen LogP contribution in [-0.4, -0.2) is 23.4 Å². The molecule has 0 saturated carbocycles. The fourth-order valence-electron chi connectivity index (χ4n) is 2.20. The van der Waals surface area contributed by atoms with E-state index >= 15 is 0 Å². The molecule has 0 aliphatic carbocycles. The number of nitrogens with one attached hydrogen (secondary N) is 1. The Morgan fingerprint density at radius 1 is 1.35 bits per heavy atom. The minimum atomic E-state index is -0.351. The second kappa shape index (κ2) is 6.52. The maximum absolute atomic E-state index is 13.9. The highest BCUT2D eigenvalue weighted by molar-refractivity contribution is 5.35. The van der Waals surface area contributed by atoms with Crippen molar-refractivity contribution in [2.75, 3.05) is 13.7 Å². The van der Waals surface area contributed by atoms with E-state index < -0.39 is 0 Å². The van der Waals surface area contributed by atoms with Crippen LogP contribution in [-0.2, 0) is 6.54 Å². The van der Waals surface area contributed by atoms with Gasteiger partial charge in [-0.3, -0.25) is 4.68 Å². The van der Waals surface area contributed by atoms with Crippen LogP contribution in [0.2, 0.25) is 0 Å². The van der Waals surface area contributed by atoms with Crippen molar-refractivity contribution in [3.8, 4) is 5.75 Å². The van der Waals surface area contributed by atoms with Crippen LogP contribution in [0, 0.1) is 5.82 Å². The van der Waals surface area contributed by atoms with Crippen molar-refractivity contribution in [2.24, 2.45) is 0 Å². The van der Waals surface area contributed by atoms with E-state index in [1.165, 1.54) is 13.2 Å². The molecule has 0 radical (unpaired) electrons. The molecule has 1 heterocycles. The molecule has 0 saturated heterocycles. The summed E-state index contributed by atoms with van der Waals surface area (Å²) in [6.45, 7) is 5.66. The van der Waals surface area contributed by atoms with Crippen LogP contribution in [0.25, 0.3) is 0 Å². The second-order valence-corrected chi connectivity index (χ2v) is 4.51. The highest BCUT2D eigenvalue weighted by atomic mass is 19.1. The van der Waals surface area contributed by atoms with Gasteiger partial charge in [0.2, 0.25) is 0 Å². The lowest BCUT2D eigenvalue weighted by Crippen LogP contribution is -2.21. The van der Waals surface area contributed by atoms with E-state index in [-0.39, 0.29) is 17.6 Å². The summed E-state index contributed by atoms with van der Waals surface area (Å²) < 4.78 is 20.7. The Balaban J connectivity index is 2.34. The first-order valence-electron chi connectivity index (χ1n) is 6.78. The molecule has 20 heavy (non-hydrogen) atoms. The average molecular weight is 277 g/mol. The SMILES string of the molecule is CCNC(c1ccc(OC)c(F)c1)c1cnn(CC)c1. The van der Waals surface area contributed by atoms with Gasteiger partial charge in [-0.15, -0.1) is 0 Å². The lowest BCUT2D eigenvalue weighted by Gasteiger charge is -2.17. The number of aromatic nitrogens is 2. The largest absolute Gasteiger partial charge is 0.494 e. The van der Waals surface area contributed by atoms with Crippen LogP contribution in [0.5, 0.6) is 5.75 Å². The minimum absolute atomic E-state index is 0.0688. The number of hydrogen-bond acceptors (Lipinski definition) is 3. The summed E-state index contributed by atoms with van der Waals surface area (Å²) in [6, 6.07) is 4.97. The Kier molecular flexibility index (Phi) is 4.74. The molecule has 2 aromatic rings. The minimum Gasteiger partial charge on any atom is -0.494 e. The van der Waals surface area contributed by atoms with Gasteiger partial charge in [-0.05, 0) is 31.2 Å². The fraction of sp³-hybridized carbons (Fsp3) is 0.400. The third-order valence-electron chi connectivity index (χ3n) is 3.23. The Hall–Kier alpha value is -1.88. The quantitative estimate of drug-likeness (QED) is 0.882. The summed E-state index contributed by atoms with van der Waals surface area (Å²) in [5.74, 6) is -0.0935. The van der Waals surface area contributed by atoms with Crippen LogP contribution >= 0.6 is 0 Å². The lowest BCUT2D eigenvalue weighted by atomic mass is 10.0.